The number of esters is 1. The van der Waals surface area contributed by atoms with E-state index in [1.54, 1.807) is 31.2 Å². The van der Waals surface area contributed by atoms with Gasteiger partial charge in [-0.05, 0) is 57.5 Å². The molecule has 1 heterocycles. The Balaban J connectivity index is 1.69. The van der Waals surface area contributed by atoms with Crippen LogP contribution >= 0.6 is 0 Å². The molecule has 0 bridgehead atoms. The minimum Gasteiger partial charge on any atom is -0.493 e. The predicted octanol–water partition coefficient (Wildman–Crippen LogP) is 4.92. The normalized spacial score (nSPS) is 10.7. The summed E-state index contributed by atoms with van der Waals surface area (Å²) in [5.41, 5.74) is 0.990. The third-order valence-electron chi connectivity index (χ3n) is 4.42. The second-order valence-electron chi connectivity index (χ2n) is 7.31. The van der Waals surface area contributed by atoms with Crippen LogP contribution in [0.4, 0.5) is 4.39 Å². The lowest BCUT2D eigenvalue weighted by Gasteiger charge is -2.11. The van der Waals surface area contributed by atoms with Crippen molar-refractivity contribution >= 4 is 5.97 Å². The standard InChI is InChI=1S/C24H24FN3O5/c1-4-30-22(29)6-5-11-31-18-8-9-19(20(25)13-18)23-27-24(33-28-23)16-7-10-21(32-15(2)3)17(12-16)14-26/h7-10,12-13,15H,4-6,11H2,1-3H3. The van der Waals surface area contributed by atoms with Crippen molar-refractivity contribution in [2.75, 3.05) is 13.2 Å². The van der Waals surface area contributed by atoms with Crippen LogP contribution in [0, 0.1) is 17.1 Å². The van der Waals surface area contributed by atoms with E-state index in [0.29, 0.717) is 35.7 Å². The van der Waals surface area contributed by atoms with Crippen molar-refractivity contribution in [3.05, 3.63) is 47.8 Å². The lowest BCUT2D eigenvalue weighted by Crippen LogP contribution is -2.06. The number of carbonyl (C=O) groups excluding carboxylic acids is 1. The quantitative estimate of drug-likeness (QED) is 0.314. The van der Waals surface area contributed by atoms with Gasteiger partial charge in [-0.15, -0.1) is 0 Å². The van der Waals surface area contributed by atoms with E-state index in [1.165, 1.54) is 12.1 Å². The van der Waals surface area contributed by atoms with E-state index in [0.717, 1.165) is 0 Å². The van der Waals surface area contributed by atoms with Crippen molar-refractivity contribution in [1.29, 1.82) is 5.26 Å². The highest BCUT2D eigenvalue weighted by molar-refractivity contribution is 5.69. The van der Waals surface area contributed by atoms with Crippen LogP contribution in [0.25, 0.3) is 22.8 Å². The molecule has 33 heavy (non-hydrogen) atoms. The average Bonchev–Trinajstić information content (AvgIpc) is 3.27. The maximum atomic E-state index is 14.6. The number of halogens is 1. The lowest BCUT2D eigenvalue weighted by molar-refractivity contribution is -0.143. The highest BCUT2D eigenvalue weighted by Gasteiger charge is 2.17. The Morgan fingerprint density at radius 3 is 2.76 bits per heavy atom. The van der Waals surface area contributed by atoms with Crippen molar-refractivity contribution in [2.45, 2.75) is 39.7 Å². The smallest absolute Gasteiger partial charge is 0.305 e. The van der Waals surface area contributed by atoms with Crippen molar-refractivity contribution < 1.29 is 27.9 Å². The predicted molar refractivity (Wildman–Crippen MR) is 117 cm³/mol. The second-order valence-corrected chi connectivity index (χ2v) is 7.31. The van der Waals surface area contributed by atoms with Crippen LogP contribution in [0.1, 0.15) is 39.2 Å². The van der Waals surface area contributed by atoms with Crippen LogP contribution in [-0.4, -0.2) is 35.4 Å². The number of hydrogen-bond donors (Lipinski definition) is 0. The molecule has 1 aromatic heterocycles. The topological polar surface area (TPSA) is 107 Å². The molecule has 8 nitrogen and oxygen atoms in total. The van der Waals surface area contributed by atoms with Gasteiger partial charge in [0.1, 0.15) is 23.4 Å². The number of nitrogens with zero attached hydrogens (tertiary/aromatic N) is 3. The Morgan fingerprint density at radius 2 is 2.06 bits per heavy atom. The van der Waals surface area contributed by atoms with Crippen LogP contribution in [0.3, 0.4) is 0 Å². The van der Waals surface area contributed by atoms with Crippen LogP contribution < -0.4 is 9.47 Å². The Hall–Kier alpha value is -3.93. The molecule has 0 saturated heterocycles. The average molecular weight is 453 g/mol. The summed E-state index contributed by atoms with van der Waals surface area (Å²) in [6.45, 7) is 6.07. The number of hydrogen-bond acceptors (Lipinski definition) is 8. The van der Waals surface area contributed by atoms with E-state index in [2.05, 4.69) is 16.2 Å². The molecule has 3 aromatic rings. The largest absolute Gasteiger partial charge is 0.493 e. The number of aromatic nitrogens is 2. The summed E-state index contributed by atoms with van der Waals surface area (Å²) in [6.07, 6.45) is 0.616. The van der Waals surface area contributed by atoms with Crippen LogP contribution in [-0.2, 0) is 9.53 Å². The summed E-state index contributed by atoms with van der Waals surface area (Å²) in [5.74, 6) is 0.125. The number of carbonyl (C=O) groups is 1. The molecule has 172 valence electrons. The Kier molecular flexibility index (Phi) is 7.97. The molecule has 0 spiro atoms. The van der Waals surface area contributed by atoms with Gasteiger partial charge in [-0.25, -0.2) is 4.39 Å². The van der Waals surface area contributed by atoms with Crippen LogP contribution in [0.5, 0.6) is 11.5 Å². The molecule has 0 saturated carbocycles. The SMILES string of the molecule is CCOC(=O)CCCOc1ccc(-c2noc(-c3ccc(OC(C)C)c(C#N)c3)n2)c(F)c1. The Morgan fingerprint density at radius 1 is 1.24 bits per heavy atom. The summed E-state index contributed by atoms with van der Waals surface area (Å²) in [6, 6.07) is 11.3. The van der Waals surface area contributed by atoms with Crippen LogP contribution in [0.2, 0.25) is 0 Å². The van der Waals surface area contributed by atoms with Gasteiger partial charge in [0, 0.05) is 18.1 Å². The van der Waals surface area contributed by atoms with E-state index in [1.807, 2.05) is 13.8 Å². The summed E-state index contributed by atoms with van der Waals surface area (Å²) in [5, 5.41) is 13.3. The zero-order valence-electron chi connectivity index (χ0n) is 18.6. The van der Waals surface area contributed by atoms with E-state index >= 15 is 0 Å². The van der Waals surface area contributed by atoms with Crippen molar-refractivity contribution in [2.24, 2.45) is 0 Å². The van der Waals surface area contributed by atoms with Gasteiger partial charge in [0.15, 0.2) is 0 Å². The third kappa shape index (κ3) is 6.29. The molecule has 3 rings (SSSR count). The van der Waals surface area contributed by atoms with E-state index in [4.69, 9.17) is 18.7 Å². The van der Waals surface area contributed by atoms with Gasteiger partial charge in [-0.1, -0.05) is 5.16 Å². The van der Waals surface area contributed by atoms with E-state index < -0.39 is 5.82 Å². The highest BCUT2D eigenvalue weighted by Crippen LogP contribution is 2.29. The first-order chi connectivity index (χ1) is 15.9. The van der Waals surface area contributed by atoms with Crippen molar-refractivity contribution in [3.63, 3.8) is 0 Å². The number of nitriles is 1. The molecule has 0 unspecified atom stereocenters. The fourth-order valence-electron chi connectivity index (χ4n) is 2.96. The van der Waals surface area contributed by atoms with E-state index in [9.17, 15) is 14.4 Å². The maximum Gasteiger partial charge on any atom is 0.305 e. The molecule has 0 aliphatic heterocycles. The lowest BCUT2D eigenvalue weighted by atomic mass is 10.1. The van der Waals surface area contributed by atoms with Gasteiger partial charge in [0.2, 0.25) is 5.82 Å². The third-order valence-corrected chi connectivity index (χ3v) is 4.42. The first-order valence-electron chi connectivity index (χ1n) is 10.5. The molecule has 0 amide bonds. The summed E-state index contributed by atoms with van der Waals surface area (Å²) in [4.78, 5) is 15.6. The highest BCUT2D eigenvalue weighted by atomic mass is 19.1. The monoisotopic (exact) mass is 453 g/mol. The zero-order chi connectivity index (χ0) is 23.8. The molecule has 0 N–H and O–H groups in total. The minimum absolute atomic E-state index is 0.0670. The van der Waals surface area contributed by atoms with Gasteiger partial charge in [-0.2, -0.15) is 10.2 Å². The molecule has 9 heteroatoms. The van der Waals surface area contributed by atoms with Gasteiger partial charge in [-0.3, -0.25) is 4.79 Å². The second kappa shape index (κ2) is 11.1. The minimum atomic E-state index is -0.580. The summed E-state index contributed by atoms with van der Waals surface area (Å²) >= 11 is 0. The maximum absolute atomic E-state index is 14.6. The van der Waals surface area contributed by atoms with Gasteiger partial charge in [0.05, 0.1) is 30.4 Å². The number of benzene rings is 2. The summed E-state index contributed by atoms with van der Waals surface area (Å²) in [7, 11) is 0. The molecule has 0 aliphatic carbocycles. The number of rotatable bonds is 10. The van der Waals surface area contributed by atoms with Crippen molar-refractivity contribution in [1.82, 2.24) is 10.1 Å². The fourth-order valence-corrected chi connectivity index (χ4v) is 2.96. The Labute approximate surface area is 190 Å². The first kappa shape index (κ1) is 23.7. The first-order valence-corrected chi connectivity index (χ1v) is 10.5. The van der Waals surface area contributed by atoms with Gasteiger partial charge in [0.25, 0.3) is 5.89 Å². The molecule has 0 atom stereocenters. The molecule has 0 fully saturated rings. The van der Waals surface area contributed by atoms with Gasteiger partial charge >= 0.3 is 5.97 Å². The van der Waals surface area contributed by atoms with E-state index in [-0.39, 0.29) is 42.4 Å². The fraction of sp³-hybridized carbons (Fsp3) is 0.333. The van der Waals surface area contributed by atoms with Gasteiger partial charge < -0.3 is 18.7 Å². The zero-order valence-corrected chi connectivity index (χ0v) is 18.6. The molecule has 2 aromatic carbocycles. The van der Waals surface area contributed by atoms with Crippen molar-refractivity contribution in [3.8, 4) is 40.4 Å². The molecular formula is C24H24FN3O5. The number of ether oxygens (including phenoxy) is 3. The molecule has 0 aliphatic rings. The molecular weight excluding hydrogens is 429 g/mol. The molecule has 0 radical (unpaired) electrons. The van der Waals surface area contributed by atoms with Crippen LogP contribution in [0.15, 0.2) is 40.9 Å². The summed E-state index contributed by atoms with van der Waals surface area (Å²) < 4.78 is 35.9. The Bertz CT molecular complexity index is 1150.